The van der Waals surface area contributed by atoms with Crippen molar-refractivity contribution in [1.29, 1.82) is 0 Å². The molecule has 3 nitrogen and oxygen atoms in total. The van der Waals surface area contributed by atoms with Crippen LogP contribution in [0.4, 0.5) is 0 Å². The molecule has 2 aromatic rings. The Kier molecular flexibility index (Phi) is 14.6. The predicted molar refractivity (Wildman–Crippen MR) is 147 cm³/mol. The Hall–Kier alpha value is -2.07. The molecule has 1 aliphatic carbocycles. The molecule has 0 aromatic heterocycles. The predicted octanol–water partition coefficient (Wildman–Crippen LogP) is 8.10. The lowest BCUT2D eigenvalue weighted by Crippen LogP contribution is -2.12. The van der Waals surface area contributed by atoms with Crippen LogP contribution in [0.5, 0.6) is 0 Å². The number of carbonyl (C=O) groups excluding carboxylic acids is 2. The lowest BCUT2D eigenvalue weighted by Gasteiger charge is -2.25. The Labute approximate surface area is 212 Å². The van der Waals surface area contributed by atoms with E-state index in [1.54, 1.807) is 0 Å². The van der Waals surface area contributed by atoms with E-state index in [2.05, 4.69) is 32.9 Å². The summed E-state index contributed by atoms with van der Waals surface area (Å²) in [6, 6.07) is 12.3. The fraction of sp³-hybridized carbons (Fsp3) is 0.533. The summed E-state index contributed by atoms with van der Waals surface area (Å²) >= 11 is 1.27. The van der Waals surface area contributed by atoms with Crippen LogP contribution in [0.15, 0.2) is 36.4 Å². The maximum Gasteiger partial charge on any atom is 0.309 e. The van der Waals surface area contributed by atoms with Crippen LogP contribution in [-0.4, -0.2) is 24.5 Å². The number of benzene rings is 2. The minimum Gasteiger partial charge on any atom is -0.469 e. The number of ether oxygens (including phenoxy) is 1. The number of methoxy groups -OCH3 is 1. The van der Waals surface area contributed by atoms with Crippen LogP contribution in [0.3, 0.4) is 0 Å². The zero-order valence-electron chi connectivity index (χ0n) is 22.3. The fourth-order valence-corrected chi connectivity index (χ4v) is 4.94. The van der Waals surface area contributed by atoms with E-state index in [0.717, 1.165) is 24.0 Å². The van der Waals surface area contributed by atoms with E-state index in [1.807, 2.05) is 44.4 Å². The number of rotatable bonds is 6. The number of hydrogen-bond donors (Lipinski definition) is 0. The van der Waals surface area contributed by atoms with Crippen molar-refractivity contribution in [2.45, 2.75) is 91.9 Å². The van der Waals surface area contributed by atoms with Crippen LogP contribution in [0.2, 0.25) is 0 Å². The molecule has 1 aliphatic rings. The van der Waals surface area contributed by atoms with Gasteiger partial charge in [0.05, 0.1) is 13.5 Å². The molecule has 1 fully saturated rings. The third-order valence-corrected chi connectivity index (χ3v) is 6.98. The second-order valence-corrected chi connectivity index (χ2v) is 9.20. The van der Waals surface area contributed by atoms with Crippen molar-refractivity contribution in [2.24, 2.45) is 0 Å². The lowest BCUT2D eigenvalue weighted by atomic mass is 9.80. The molecule has 0 amide bonds. The van der Waals surface area contributed by atoms with Gasteiger partial charge in [-0.05, 0) is 72.6 Å². The molecule has 1 saturated carbocycles. The Bertz CT molecular complexity index is 898. The molecule has 0 bridgehead atoms. The molecule has 0 radical (unpaired) electrons. The van der Waals surface area contributed by atoms with E-state index in [9.17, 15) is 9.59 Å². The summed E-state index contributed by atoms with van der Waals surface area (Å²) in [5, 5.41) is 0.160. The minimum absolute atomic E-state index is 0.134. The van der Waals surface area contributed by atoms with Crippen LogP contribution in [0, 0.1) is 6.92 Å². The van der Waals surface area contributed by atoms with Crippen LogP contribution in [0.25, 0.3) is 0 Å². The summed E-state index contributed by atoms with van der Waals surface area (Å²) in [6.45, 7) is 10.4. The molecule has 34 heavy (non-hydrogen) atoms. The van der Waals surface area contributed by atoms with Gasteiger partial charge in [-0.2, -0.15) is 0 Å². The second kappa shape index (κ2) is 16.5. The summed E-state index contributed by atoms with van der Waals surface area (Å²) in [5.41, 5.74) is 7.28. The maximum atomic E-state index is 11.7. The van der Waals surface area contributed by atoms with Crippen molar-refractivity contribution in [3.05, 3.63) is 69.8 Å². The molecule has 0 saturated heterocycles. The number of esters is 1. The SMILES string of the molecule is CC.CCc1cc(C2CCCCC2)c(CC(=O)OC)cc1C.CCc1ccccc1C(=O)SC. The monoisotopic (exact) mass is 484 g/mol. The van der Waals surface area contributed by atoms with Gasteiger partial charge in [0, 0.05) is 5.56 Å². The summed E-state index contributed by atoms with van der Waals surface area (Å²) in [7, 11) is 1.47. The number of hydrogen-bond acceptors (Lipinski definition) is 4. The summed E-state index contributed by atoms with van der Waals surface area (Å²) in [4.78, 5) is 23.0. The third-order valence-electron chi connectivity index (χ3n) is 6.39. The number of carbonyl (C=O) groups is 2. The average Bonchev–Trinajstić information content (AvgIpc) is 2.90. The molecule has 0 spiro atoms. The van der Waals surface area contributed by atoms with Gasteiger partial charge in [-0.1, -0.05) is 95.1 Å². The van der Waals surface area contributed by atoms with Crippen LogP contribution >= 0.6 is 11.8 Å². The lowest BCUT2D eigenvalue weighted by molar-refractivity contribution is -0.139. The highest BCUT2D eigenvalue weighted by molar-refractivity contribution is 8.13. The molecule has 0 unspecified atom stereocenters. The van der Waals surface area contributed by atoms with Crippen LogP contribution in [0.1, 0.15) is 104 Å². The van der Waals surface area contributed by atoms with Gasteiger partial charge in [-0.3, -0.25) is 9.59 Å². The Morgan fingerprint density at radius 2 is 1.56 bits per heavy atom. The Balaban J connectivity index is 0.000000353. The molecule has 2 aromatic carbocycles. The van der Waals surface area contributed by atoms with Crippen molar-refractivity contribution >= 4 is 22.8 Å². The first-order valence-electron chi connectivity index (χ1n) is 12.8. The largest absolute Gasteiger partial charge is 0.469 e. The standard InChI is InChI=1S/C18H26O2.C10H12OS.C2H6/c1-4-14-11-17(15-8-6-5-7-9-15)16(10-13(14)2)12-18(19)20-3;1-3-8-6-4-5-7-9(8)10(11)12-2;1-2/h10-11,15H,4-9,12H2,1-3H3;4-7H,3H2,1-2H3;1-2H3. The summed E-state index contributed by atoms with van der Waals surface area (Å²) in [6.07, 6.45) is 10.7. The van der Waals surface area contributed by atoms with E-state index in [1.165, 1.54) is 73.2 Å². The first kappa shape index (κ1) is 30.0. The fourth-order valence-electron chi connectivity index (χ4n) is 4.52. The molecule has 0 atom stereocenters. The van der Waals surface area contributed by atoms with Crippen molar-refractivity contribution in [1.82, 2.24) is 0 Å². The molecule has 3 rings (SSSR count). The summed E-state index contributed by atoms with van der Waals surface area (Å²) in [5.74, 6) is 0.500. The average molecular weight is 485 g/mol. The van der Waals surface area contributed by atoms with E-state index >= 15 is 0 Å². The van der Waals surface area contributed by atoms with E-state index in [4.69, 9.17) is 4.74 Å². The first-order valence-corrected chi connectivity index (χ1v) is 14.0. The maximum absolute atomic E-state index is 11.7. The normalized spacial score (nSPS) is 13.1. The zero-order valence-corrected chi connectivity index (χ0v) is 23.1. The molecule has 4 heteroatoms. The third kappa shape index (κ3) is 8.94. The van der Waals surface area contributed by atoms with Crippen molar-refractivity contribution in [3.63, 3.8) is 0 Å². The van der Waals surface area contributed by atoms with Gasteiger partial charge < -0.3 is 4.74 Å². The van der Waals surface area contributed by atoms with E-state index < -0.39 is 0 Å². The molecule has 0 aliphatic heterocycles. The van der Waals surface area contributed by atoms with Crippen molar-refractivity contribution in [2.75, 3.05) is 13.4 Å². The van der Waals surface area contributed by atoms with E-state index in [0.29, 0.717) is 12.3 Å². The Morgan fingerprint density at radius 3 is 2.12 bits per heavy atom. The topological polar surface area (TPSA) is 43.4 Å². The highest BCUT2D eigenvalue weighted by atomic mass is 32.2. The van der Waals surface area contributed by atoms with Crippen molar-refractivity contribution in [3.8, 4) is 0 Å². The highest BCUT2D eigenvalue weighted by Gasteiger charge is 2.21. The van der Waals surface area contributed by atoms with Gasteiger partial charge in [-0.25, -0.2) is 0 Å². The summed E-state index contributed by atoms with van der Waals surface area (Å²) < 4.78 is 4.85. The van der Waals surface area contributed by atoms with Crippen molar-refractivity contribution < 1.29 is 14.3 Å². The minimum atomic E-state index is -0.134. The van der Waals surface area contributed by atoms with Gasteiger partial charge in [0.25, 0.3) is 0 Å². The number of aryl methyl sites for hydroxylation is 3. The zero-order chi connectivity index (χ0) is 25.5. The number of thioether (sulfide) groups is 1. The van der Waals surface area contributed by atoms with Gasteiger partial charge in [0.2, 0.25) is 5.12 Å². The molecule has 0 heterocycles. The molecular weight excluding hydrogens is 440 g/mol. The molecule has 188 valence electrons. The second-order valence-electron chi connectivity index (χ2n) is 8.42. The smallest absolute Gasteiger partial charge is 0.309 e. The van der Waals surface area contributed by atoms with Gasteiger partial charge in [0.1, 0.15) is 0 Å². The quantitative estimate of drug-likeness (QED) is 0.388. The van der Waals surface area contributed by atoms with Gasteiger partial charge in [0.15, 0.2) is 0 Å². The van der Waals surface area contributed by atoms with Gasteiger partial charge in [-0.15, -0.1) is 0 Å². The van der Waals surface area contributed by atoms with Crippen LogP contribution in [-0.2, 0) is 28.8 Å². The Morgan fingerprint density at radius 1 is 0.941 bits per heavy atom. The highest BCUT2D eigenvalue weighted by Crippen LogP contribution is 2.36. The molecule has 0 N–H and O–H groups in total. The molecular formula is C30H44O3S. The van der Waals surface area contributed by atoms with Crippen LogP contribution < -0.4 is 0 Å². The first-order chi connectivity index (χ1) is 16.4. The van der Waals surface area contributed by atoms with E-state index in [-0.39, 0.29) is 11.1 Å². The van der Waals surface area contributed by atoms with Gasteiger partial charge >= 0.3 is 5.97 Å².